The van der Waals surface area contributed by atoms with Gasteiger partial charge in [0.15, 0.2) is 0 Å². The molecule has 0 spiro atoms. The molecule has 0 bridgehead atoms. The second-order valence-corrected chi connectivity index (χ2v) is 3.97. The lowest BCUT2D eigenvalue weighted by atomic mass is 10.1. The monoisotopic (exact) mass is 263 g/mol. The van der Waals surface area contributed by atoms with Crippen LogP contribution < -0.4 is 5.32 Å². The highest BCUT2D eigenvalue weighted by Gasteiger charge is 2.33. The van der Waals surface area contributed by atoms with Crippen molar-refractivity contribution in [2.45, 2.75) is 26.1 Å². The van der Waals surface area contributed by atoms with Crippen molar-refractivity contribution in [3.8, 4) is 0 Å². The molecule has 1 heterocycles. The molecule has 0 saturated heterocycles. The number of carboxylic acid groups (broad SMARTS) is 1. The van der Waals surface area contributed by atoms with Crippen LogP contribution in [0.4, 0.5) is 19.1 Å². The van der Waals surface area contributed by atoms with Gasteiger partial charge in [0.25, 0.3) is 0 Å². The van der Waals surface area contributed by atoms with Crippen LogP contribution in [0.5, 0.6) is 0 Å². The normalized spacial score (nSPS) is 13.4. The highest BCUT2D eigenvalue weighted by Crippen LogP contribution is 2.27. The van der Waals surface area contributed by atoms with Crippen LogP contribution in [0.15, 0.2) is 12.3 Å². The maximum Gasteiger partial charge on any atom is 0.433 e. The van der Waals surface area contributed by atoms with Crippen molar-refractivity contribution in [3.05, 3.63) is 18.0 Å². The summed E-state index contributed by atoms with van der Waals surface area (Å²) in [4.78, 5) is 17.7. The van der Waals surface area contributed by atoms with Gasteiger partial charge in [-0.25, -0.2) is 14.8 Å². The molecule has 0 radical (unpaired) electrons. The van der Waals surface area contributed by atoms with Gasteiger partial charge in [-0.15, -0.1) is 0 Å². The van der Waals surface area contributed by atoms with E-state index in [1.807, 2.05) is 0 Å². The number of nitrogens with zero attached hydrogens (tertiary/aromatic N) is 2. The van der Waals surface area contributed by atoms with Gasteiger partial charge in [-0.1, -0.05) is 13.8 Å². The summed E-state index contributed by atoms with van der Waals surface area (Å²) >= 11 is 0. The lowest BCUT2D eigenvalue weighted by molar-refractivity contribution is -0.141. The van der Waals surface area contributed by atoms with Gasteiger partial charge in [-0.3, -0.25) is 0 Å². The van der Waals surface area contributed by atoms with Crippen LogP contribution in [0.1, 0.15) is 19.5 Å². The summed E-state index contributed by atoms with van der Waals surface area (Å²) in [7, 11) is 0. The number of aromatic nitrogens is 2. The number of hydrogen-bond donors (Lipinski definition) is 2. The van der Waals surface area contributed by atoms with E-state index in [1.54, 1.807) is 13.8 Å². The first-order valence-corrected chi connectivity index (χ1v) is 5.11. The van der Waals surface area contributed by atoms with E-state index in [-0.39, 0.29) is 11.9 Å². The number of anilines is 1. The van der Waals surface area contributed by atoms with E-state index in [0.717, 1.165) is 12.3 Å². The lowest BCUT2D eigenvalue weighted by Gasteiger charge is -2.18. The second-order valence-electron chi connectivity index (χ2n) is 3.97. The standard InChI is InChI=1S/C10H12F3N3O2/c1-5(2)7(8(17)18)16-9-14-4-3-6(15-9)10(11,12)13/h3-5,7H,1-2H3,(H,17,18)(H,14,15,16)/t7-/m1/s1. The van der Waals surface area contributed by atoms with E-state index in [4.69, 9.17) is 5.11 Å². The molecule has 2 N–H and O–H groups in total. The Balaban J connectivity index is 2.94. The van der Waals surface area contributed by atoms with Crippen LogP contribution in [0.2, 0.25) is 0 Å². The van der Waals surface area contributed by atoms with Crippen LogP contribution in [0.3, 0.4) is 0 Å². The number of hydrogen-bond acceptors (Lipinski definition) is 4. The highest BCUT2D eigenvalue weighted by molar-refractivity contribution is 5.76. The Morgan fingerprint density at radius 3 is 2.50 bits per heavy atom. The van der Waals surface area contributed by atoms with Crippen LogP contribution in [-0.2, 0) is 11.0 Å². The van der Waals surface area contributed by atoms with Gasteiger partial charge in [0.2, 0.25) is 5.95 Å². The fraction of sp³-hybridized carbons (Fsp3) is 0.500. The molecule has 0 amide bonds. The Morgan fingerprint density at radius 1 is 1.44 bits per heavy atom. The number of aliphatic carboxylic acids is 1. The first-order valence-electron chi connectivity index (χ1n) is 5.11. The fourth-order valence-electron chi connectivity index (χ4n) is 1.24. The Labute approximate surface area is 101 Å². The number of carboxylic acids is 1. The van der Waals surface area contributed by atoms with Crippen molar-refractivity contribution in [2.24, 2.45) is 5.92 Å². The average molecular weight is 263 g/mol. The number of alkyl halides is 3. The molecule has 0 fully saturated rings. The molecule has 1 aromatic rings. The zero-order chi connectivity index (χ0) is 13.9. The van der Waals surface area contributed by atoms with E-state index in [1.165, 1.54) is 0 Å². The Morgan fingerprint density at radius 2 is 2.06 bits per heavy atom. The summed E-state index contributed by atoms with van der Waals surface area (Å²) < 4.78 is 37.2. The minimum Gasteiger partial charge on any atom is -0.480 e. The van der Waals surface area contributed by atoms with Gasteiger partial charge in [-0.2, -0.15) is 13.2 Å². The molecule has 5 nitrogen and oxygen atoms in total. The second kappa shape index (κ2) is 5.19. The van der Waals surface area contributed by atoms with Crippen LogP contribution in [-0.4, -0.2) is 27.1 Å². The number of halogens is 3. The zero-order valence-electron chi connectivity index (χ0n) is 9.69. The molecule has 0 aromatic carbocycles. The Hall–Kier alpha value is -1.86. The van der Waals surface area contributed by atoms with E-state index >= 15 is 0 Å². The molecule has 8 heteroatoms. The van der Waals surface area contributed by atoms with Crippen LogP contribution in [0, 0.1) is 5.92 Å². The van der Waals surface area contributed by atoms with Gasteiger partial charge < -0.3 is 10.4 Å². The van der Waals surface area contributed by atoms with Crippen LogP contribution >= 0.6 is 0 Å². The third kappa shape index (κ3) is 3.57. The molecule has 0 aliphatic carbocycles. The largest absolute Gasteiger partial charge is 0.480 e. The van der Waals surface area contributed by atoms with Crippen LogP contribution in [0.25, 0.3) is 0 Å². The number of rotatable bonds is 4. The van der Waals surface area contributed by atoms with Gasteiger partial charge in [0.1, 0.15) is 11.7 Å². The predicted molar refractivity (Wildman–Crippen MR) is 56.9 cm³/mol. The Kier molecular flexibility index (Phi) is 4.10. The minimum absolute atomic E-state index is 0.319. The topological polar surface area (TPSA) is 75.1 Å². The van der Waals surface area contributed by atoms with Gasteiger partial charge >= 0.3 is 12.1 Å². The van der Waals surface area contributed by atoms with Crippen molar-refractivity contribution in [1.29, 1.82) is 0 Å². The predicted octanol–water partition coefficient (Wildman–Crippen LogP) is 2.02. The number of nitrogens with one attached hydrogen (secondary N) is 1. The molecule has 0 unspecified atom stereocenters. The fourth-order valence-corrected chi connectivity index (χ4v) is 1.24. The summed E-state index contributed by atoms with van der Waals surface area (Å²) in [5, 5.41) is 11.3. The molecule has 1 aromatic heterocycles. The lowest BCUT2D eigenvalue weighted by Crippen LogP contribution is -2.35. The quantitative estimate of drug-likeness (QED) is 0.869. The van der Waals surface area contributed by atoms with Gasteiger partial charge in [0.05, 0.1) is 0 Å². The van der Waals surface area contributed by atoms with E-state index in [2.05, 4.69) is 15.3 Å². The Bertz CT molecular complexity index is 435. The molecular formula is C10H12F3N3O2. The van der Waals surface area contributed by atoms with E-state index < -0.39 is 23.9 Å². The summed E-state index contributed by atoms with van der Waals surface area (Å²) in [6, 6.07) is -0.329. The van der Waals surface area contributed by atoms with Crippen molar-refractivity contribution < 1.29 is 23.1 Å². The van der Waals surface area contributed by atoms with E-state index in [0.29, 0.717) is 0 Å². The molecule has 18 heavy (non-hydrogen) atoms. The molecule has 0 aliphatic heterocycles. The zero-order valence-corrected chi connectivity index (χ0v) is 9.69. The maximum absolute atomic E-state index is 12.4. The van der Waals surface area contributed by atoms with E-state index in [9.17, 15) is 18.0 Å². The van der Waals surface area contributed by atoms with Crippen molar-refractivity contribution in [3.63, 3.8) is 0 Å². The molecular weight excluding hydrogens is 251 g/mol. The average Bonchev–Trinajstić information content (AvgIpc) is 2.24. The molecule has 100 valence electrons. The third-order valence-corrected chi connectivity index (χ3v) is 2.16. The van der Waals surface area contributed by atoms with Crippen molar-refractivity contribution in [1.82, 2.24) is 9.97 Å². The van der Waals surface area contributed by atoms with Gasteiger partial charge in [-0.05, 0) is 12.0 Å². The smallest absolute Gasteiger partial charge is 0.433 e. The summed E-state index contributed by atoms with van der Waals surface area (Å²) in [5.41, 5.74) is -1.12. The maximum atomic E-state index is 12.4. The first kappa shape index (κ1) is 14.2. The third-order valence-electron chi connectivity index (χ3n) is 2.16. The van der Waals surface area contributed by atoms with Crippen molar-refractivity contribution in [2.75, 3.05) is 5.32 Å². The molecule has 1 atom stereocenters. The molecule has 0 aliphatic rings. The summed E-state index contributed by atoms with van der Waals surface area (Å²) in [6.45, 7) is 3.25. The van der Waals surface area contributed by atoms with Crippen molar-refractivity contribution >= 4 is 11.9 Å². The summed E-state index contributed by atoms with van der Waals surface area (Å²) in [6.07, 6.45) is -3.66. The molecule has 0 saturated carbocycles. The SMILES string of the molecule is CC(C)[C@@H](Nc1nccc(C(F)(F)F)n1)C(=O)O. The van der Waals surface area contributed by atoms with Gasteiger partial charge in [0, 0.05) is 6.20 Å². The molecule has 1 rings (SSSR count). The summed E-state index contributed by atoms with van der Waals surface area (Å²) in [5.74, 6) is -1.85. The highest BCUT2D eigenvalue weighted by atomic mass is 19.4. The minimum atomic E-state index is -4.59. The number of carbonyl (C=O) groups is 1. The first-order chi connectivity index (χ1) is 8.21.